The van der Waals surface area contributed by atoms with Crippen molar-refractivity contribution in [1.82, 2.24) is 0 Å². The summed E-state index contributed by atoms with van der Waals surface area (Å²) in [5, 5.41) is 37.1. The van der Waals surface area contributed by atoms with Crippen molar-refractivity contribution in [3.05, 3.63) is 72.3 Å². The van der Waals surface area contributed by atoms with Crippen molar-refractivity contribution in [2.24, 2.45) is 5.10 Å². The van der Waals surface area contributed by atoms with E-state index < -0.39 is 26.1 Å². The zero-order valence-corrected chi connectivity index (χ0v) is 14.8. The lowest BCUT2D eigenvalue weighted by Gasteiger charge is -2.07. The van der Waals surface area contributed by atoms with E-state index in [-0.39, 0.29) is 23.7 Å². The van der Waals surface area contributed by atoms with E-state index in [0.717, 1.165) is 18.2 Å². The molecule has 1 N–H and O–H groups in total. The van der Waals surface area contributed by atoms with Crippen LogP contribution in [0.4, 0.5) is 22.7 Å². The number of nitro benzene ring substituents is 3. The van der Waals surface area contributed by atoms with Crippen LogP contribution in [-0.2, 0) is 0 Å². The van der Waals surface area contributed by atoms with Crippen LogP contribution in [0.5, 0.6) is 5.75 Å². The number of nitrogens with one attached hydrogen (secondary N) is 1. The van der Waals surface area contributed by atoms with Gasteiger partial charge in [0.2, 0.25) is 0 Å². The third-order valence-corrected chi connectivity index (χ3v) is 3.61. The molecular weight excluding hydrogens is 374 g/mol. The molecule has 0 aliphatic heterocycles. The van der Waals surface area contributed by atoms with Crippen molar-refractivity contribution in [2.75, 3.05) is 12.0 Å². The first kappa shape index (κ1) is 20.2. The van der Waals surface area contributed by atoms with Crippen LogP contribution in [0, 0.1) is 30.3 Å². The number of nitrogens with zero attached hydrogens (tertiary/aromatic N) is 4. The first-order valence-electron chi connectivity index (χ1n) is 7.89. The second-order valence-electron chi connectivity index (χ2n) is 5.40. The Hall–Kier alpha value is -4.09. The smallest absolute Gasteiger partial charge is 0.311 e. The summed E-state index contributed by atoms with van der Waals surface area (Å²) in [6, 6.07) is 7.34. The molecule has 0 aromatic heterocycles. The van der Waals surface area contributed by atoms with Crippen molar-refractivity contribution in [2.45, 2.75) is 13.8 Å². The van der Waals surface area contributed by atoms with Crippen LogP contribution in [0.3, 0.4) is 0 Å². The Kier molecular flexibility index (Phi) is 6.16. The number of non-ortho nitro benzene ring substituents is 1. The van der Waals surface area contributed by atoms with Gasteiger partial charge < -0.3 is 4.74 Å². The SMILES string of the molecule is CCOc1ccc(/C(C)=N\Nc2ccc([N+](=O)[O-])cc2[N+](=O)[O-])cc1[N+](=O)[O-]. The molecule has 2 aromatic rings. The number of anilines is 1. The average molecular weight is 389 g/mol. The molecule has 2 rings (SSSR count). The highest BCUT2D eigenvalue weighted by Crippen LogP contribution is 2.30. The first-order valence-corrected chi connectivity index (χ1v) is 7.89. The normalized spacial score (nSPS) is 11.0. The summed E-state index contributed by atoms with van der Waals surface area (Å²) in [6.07, 6.45) is 0. The second-order valence-corrected chi connectivity index (χ2v) is 5.40. The predicted octanol–water partition coefficient (Wildman–Crippen LogP) is 3.65. The van der Waals surface area contributed by atoms with E-state index in [1.165, 1.54) is 12.1 Å². The quantitative estimate of drug-likeness (QED) is 0.406. The molecule has 0 saturated heterocycles. The lowest BCUT2D eigenvalue weighted by molar-refractivity contribution is -0.393. The van der Waals surface area contributed by atoms with Gasteiger partial charge in [-0.15, -0.1) is 0 Å². The van der Waals surface area contributed by atoms with Crippen LogP contribution in [0.1, 0.15) is 19.4 Å². The summed E-state index contributed by atoms with van der Waals surface area (Å²) in [5.74, 6) is 0.114. The Bertz CT molecular complexity index is 974. The lowest BCUT2D eigenvalue weighted by atomic mass is 10.1. The molecule has 0 spiro atoms. The van der Waals surface area contributed by atoms with Crippen LogP contribution >= 0.6 is 0 Å². The third kappa shape index (κ3) is 4.55. The van der Waals surface area contributed by atoms with Crippen molar-refractivity contribution in [1.29, 1.82) is 0 Å². The van der Waals surface area contributed by atoms with Crippen molar-refractivity contribution in [3.8, 4) is 5.75 Å². The van der Waals surface area contributed by atoms with Crippen LogP contribution in [0.25, 0.3) is 0 Å². The molecule has 2 aromatic carbocycles. The summed E-state index contributed by atoms with van der Waals surface area (Å²) < 4.78 is 5.21. The fraction of sp³-hybridized carbons (Fsp3) is 0.188. The van der Waals surface area contributed by atoms with Gasteiger partial charge in [-0.2, -0.15) is 5.10 Å². The standard InChI is InChI=1S/C16H15N5O7/c1-3-28-16-7-4-11(8-15(16)21(26)27)10(2)17-18-13-6-5-12(19(22)23)9-14(13)20(24)25/h4-9,18H,3H2,1-2H3/b17-10-. The van der Waals surface area contributed by atoms with Gasteiger partial charge in [-0.3, -0.25) is 35.8 Å². The Morgan fingerprint density at radius 1 is 1.00 bits per heavy atom. The van der Waals surface area contributed by atoms with Crippen molar-refractivity contribution in [3.63, 3.8) is 0 Å². The lowest BCUT2D eigenvalue weighted by Crippen LogP contribution is -2.04. The van der Waals surface area contributed by atoms with Gasteiger partial charge in [0.15, 0.2) is 5.75 Å². The summed E-state index contributed by atoms with van der Waals surface area (Å²) in [7, 11) is 0. The van der Waals surface area contributed by atoms with Gasteiger partial charge in [-0.05, 0) is 32.0 Å². The van der Waals surface area contributed by atoms with Gasteiger partial charge in [0.25, 0.3) is 5.69 Å². The summed E-state index contributed by atoms with van der Waals surface area (Å²) in [4.78, 5) is 31.0. The Balaban J connectivity index is 2.34. The number of benzene rings is 2. The minimum absolute atomic E-state index is 0.0598. The van der Waals surface area contributed by atoms with E-state index in [1.54, 1.807) is 19.9 Å². The zero-order chi connectivity index (χ0) is 20.8. The number of rotatable bonds is 8. The number of hydrogen-bond acceptors (Lipinski definition) is 9. The summed E-state index contributed by atoms with van der Waals surface area (Å²) >= 11 is 0. The Morgan fingerprint density at radius 3 is 2.25 bits per heavy atom. The molecule has 12 nitrogen and oxygen atoms in total. The first-order chi connectivity index (χ1) is 13.2. The Morgan fingerprint density at radius 2 is 1.68 bits per heavy atom. The van der Waals surface area contributed by atoms with E-state index in [1.807, 2.05) is 0 Å². The highest BCUT2D eigenvalue weighted by atomic mass is 16.6. The van der Waals surface area contributed by atoms with Crippen molar-refractivity contribution >= 4 is 28.5 Å². The van der Waals surface area contributed by atoms with Gasteiger partial charge in [0.05, 0.1) is 33.2 Å². The maximum absolute atomic E-state index is 11.2. The minimum atomic E-state index is -0.776. The number of ether oxygens (including phenoxy) is 1. The van der Waals surface area contributed by atoms with E-state index in [9.17, 15) is 30.3 Å². The van der Waals surface area contributed by atoms with Crippen LogP contribution in [-0.4, -0.2) is 27.1 Å². The van der Waals surface area contributed by atoms with Crippen molar-refractivity contribution < 1.29 is 19.5 Å². The molecule has 0 aliphatic carbocycles. The molecule has 0 saturated carbocycles. The highest BCUT2D eigenvalue weighted by molar-refractivity contribution is 6.00. The van der Waals surface area contributed by atoms with Crippen LogP contribution < -0.4 is 10.2 Å². The molecular formula is C16H15N5O7. The molecule has 12 heteroatoms. The number of hydrazone groups is 1. The van der Waals surface area contributed by atoms with Crippen LogP contribution in [0.15, 0.2) is 41.5 Å². The van der Waals surface area contributed by atoms with E-state index >= 15 is 0 Å². The fourth-order valence-electron chi connectivity index (χ4n) is 2.25. The molecule has 0 amide bonds. The number of nitro groups is 3. The molecule has 0 aliphatic rings. The zero-order valence-electron chi connectivity index (χ0n) is 14.8. The maximum atomic E-state index is 11.2. The predicted molar refractivity (Wildman–Crippen MR) is 99.8 cm³/mol. The van der Waals surface area contributed by atoms with Gasteiger partial charge in [0.1, 0.15) is 5.69 Å². The topological polar surface area (TPSA) is 163 Å². The van der Waals surface area contributed by atoms with Gasteiger partial charge in [0, 0.05) is 17.7 Å². The van der Waals surface area contributed by atoms with Gasteiger partial charge in [-0.1, -0.05) is 0 Å². The van der Waals surface area contributed by atoms with E-state index in [2.05, 4.69) is 10.5 Å². The highest BCUT2D eigenvalue weighted by Gasteiger charge is 2.20. The molecule has 0 unspecified atom stereocenters. The monoisotopic (exact) mass is 389 g/mol. The summed E-state index contributed by atoms with van der Waals surface area (Å²) in [5.41, 5.74) is 1.91. The largest absolute Gasteiger partial charge is 0.487 e. The van der Waals surface area contributed by atoms with E-state index in [0.29, 0.717) is 11.3 Å². The van der Waals surface area contributed by atoms with Gasteiger partial charge >= 0.3 is 11.4 Å². The van der Waals surface area contributed by atoms with E-state index in [4.69, 9.17) is 4.74 Å². The molecule has 0 fully saturated rings. The third-order valence-electron chi connectivity index (χ3n) is 3.61. The Labute approximate surface area is 157 Å². The molecule has 0 radical (unpaired) electrons. The van der Waals surface area contributed by atoms with Gasteiger partial charge in [-0.25, -0.2) is 0 Å². The molecule has 0 bridgehead atoms. The molecule has 0 atom stereocenters. The molecule has 0 heterocycles. The number of hydrogen-bond donors (Lipinski definition) is 1. The fourth-order valence-corrected chi connectivity index (χ4v) is 2.25. The second kappa shape index (κ2) is 8.53. The molecule has 28 heavy (non-hydrogen) atoms. The molecule has 146 valence electrons. The summed E-state index contributed by atoms with van der Waals surface area (Å²) in [6.45, 7) is 3.51. The van der Waals surface area contributed by atoms with Crippen LogP contribution in [0.2, 0.25) is 0 Å². The maximum Gasteiger partial charge on any atom is 0.311 e. The average Bonchev–Trinajstić information content (AvgIpc) is 2.66. The minimum Gasteiger partial charge on any atom is -0.487 e.